The molecule has 2 saturated carbocycles. The topological polar surface area (TPSA) is 113 Å². The Balaban J connectivity index is 1.69. The number of amides is 1. The van der Waals surface area contributed by atoms with Gasteiger partial charge in [0.25, 0.3) is 0 Å². The van der Waals surface area contributed by atoms with E-state index in [1.54, 1.807) is 25.1 Å². The molecule has 0 aliphatic heterocycles. The number of carbonyl (C=O) groups excluding carboxylic acids is 2. The highest BCUT2D eigenvalue weighted by atomic mass is 35.5. The molecule has 4 atom stereocenters. The van der Waals surface area contributed by atoms with Gasteiger partial charge in [-0.2, -0.15) is 0 Å². The van der Waals surface area contributed by atoms with Gasteiger partial charge in [-0.1, -0.05) is 67.8 Å². The van der Waals surface area contributed by atoms with Crippen LogP contribution in [0, 0.1) is 11.8 Å². The molecule has 220 valence electrons. The van der Waals surface area contributed by atoms with Crippen molar-refractivity contribution < 1.29 is 33.6 Å². The number of aliphatic hydroxyl groups is 1. The van der Waals surface area contributed by atoms with Gasteiger partial charge in [0, 0.05) is 25.7 Å². The SMILES string of the molecule is CC(OC(=O)C1CCCCC1)OC(=O)N(C(O)CCP(=O)(O)CC1CCCCC1)[C@@H](C)c1ccc(Cl)c(Cl)c1. The van der Waals surface area contributed by atoms with Crippen LogP contribution >= 0.6 is 30.6 Å². The molecular formula is C28H42Cl2NO7P. The van der Waals surface area contributed by atoms with Crippen LogP contribution in [0.4, 0.5) is 4.79 Å². The summed E-state index contributed by atoms with van der Waals surface area (Å²) in [6.07, 6.45) is 6.17. The number of esters is 1. The van der Waals surface area contributed by atoms with Crippen LogP contribution < -0.4 is 0 Å². The smallest absolute Gasteiger partial charge is 0.415 e. The van der Waals surface area contributed by atoms with Crippen molar-refractivity contribution in [2.45, 2.75) is 103 Å². The zero-order chi connectivity index (χ0) is 28.6. The van der Waals surface area contributed by atoms with Crippen LogP contribution in [-0.4, -0.2) is 51.8 Å². The first-order valence-electron chi connectivity index (χ1n) is 14.1. The van der Waals surface area contributed by atoms with Gasteiger partial charge in [0.15, 0.2) is 0 Å². The lowest BCUT2D eigenvalue weighted by Gasteiger charge is -2.34. The summed E-state index contributed by atoms with van der Waals surface area (Å²) in [5.41, 5.74) is 0.585. The van der Waals surface area contributed by atoms with E-state index >= 15 is 0 Å². The molecule has 0 saturated heterocycles. The molecule has 0 spiro atoms. The second-order valence-corrected chi connectivity index (χ2v) is 14.3. The van der Waals surface area contributed by atoms with E-state index in [1.165, 1.54) is 6.92 Å². The molecule has 8 nitrogen and oxygen atoms in total. The van der Waals surface area contributed by atoms with Crippen LogP contribution in [0.1, 0.15) is 96.1 Å². The van der Waals surface area contributed by atoms with Gasteiger partial charge < -0.3 is 19.5 Å². The maximum absolute atomic E-state index is 13.3. The monoisotopic (exact) mass is 605 g/mol. The molecule has 39 heavy (non-hydrogen) atoms. The minimum Gasteiger partial charge on any atom is -0.425 e. The second kappa shape index (κ2) is 15.1. The average molecular weight is 607 g/mol. The number of halogens is 2. The third kappa shape index (κ3) is 9.93. The van der Waals surface area contributed by atoms with Crippen LogP contribution in [0.5, 0.6) is 0 Å². The molecule has 3 rings (SSSR count). The van der Waals surface area contributed by atoms with Gasteiger partial charge in [-0.3, -0.25) is 14.3 Å². The Kier molecular flexibility index (Phi) is 12.4. The van der Waals surface area contributed by atoms with Crippen molar-refractivity contribution in [2.24, 2.45) is 11.8 Å². The van der Waals surface area contributed by atoms with Crippen LogP contribution in [0.2, 0.25) is 10.0 Å². The Morgan fingerprint density at radius 2 is 1.62 bits per heavy atom. The number of hydrogen-bond donors (Lipinski definition) is 2. The Bertz CT molecular complexity index is 1010. The van der Waals surface area contributed by atoms with Gasteiger partial charge in [0.1, 0.15) is 6.23 Å². The van der Waals surface area contributed by atoms with Crippen LogP contribution in [0.3, 0.4) is 0 Å². The normalized spacial score (nSPS) is 20.9. The lowest BCUT2D eigenvalue weighted by molar-refractivity contribution is -0.173. The zero-order valence-corrected chi connectivity index (χ0v) is 25.3. The van der Waals surface area contributed by atoms with Gasteiger partial charge in [-0.05, 0) is 56.2 Å². The highest BCUT2D eigenvalue weighted by Crippen LogP contribution is 2.46. The molecule has 1 amide bonds. The number of benzene rings is 1. The molecular weight excluding hydrogens is 564 g/mol. The lowest BCUT2D eigenvalue weighted by atomic mass is 9.89. The van der Waals surface area contributed by atoms with Crippen molar-refractivity contribution in [3.05, 3.63) is 33.8 Å². The quantitative estimate of drug-likeness (QED) is 0.152. The molecule has 11 heteroatoms. The van der Waals surface area contributed by atoms with Gasteiger partial charge in [-0.25, -0.2) is 4.79 Å². The summed E-state index contributed by atoms with van der Waals surface area (Å²) in [7, 11) is -3.51. The van der Waals surface area contributed by atoms with Gasteiger partial charge in [0.2, 0.25) is 13.7 Å². The molecule has 0 radical (unpaired) electrons. The van der Waals surface area contributed by atoms with E-state index in [0.717, 1.165) is 69.1 Å². The van der Waals surface area contributed by atoms with Crippen molar-refractivity contribution in [3.8, 4) is 0 Å². The lowest BCUT2D eigenvalue weighted by Crippen LogP contribution is -2.44. The summed E-state index contributed by atoms with van der Waals surface area (Å²) in [4.78, 5) is 37.6. The molecule has 2 fully saturated rings. The predicted octanol–water partition coefficient (Wildman–Crippen LogP) is 7.52. The van der Waals surface area contributed by atoms with E-state index in [-0.39, 0.29) is 35.6 Å². The molecule has 0 aromatic heterocycles. The number of nitrogens with zero attached hydrogens (tertiary/aromatic N) is 1. The zero-order valence-electron chi connectivity index (χ0n) is 22.9. The fourth-order valence-electron chi connectivity index (χ4n) is 5.62. The van der Waals surface area contributed by atoms with E-state index in [1.807, 2.05) is 0 Å². The predicted molar refractivity (Wildman–Crippen MR) is 152 cm³/mol. The number of rotatable bonds is 11. The molecule has 1 aromatic carbocycles. The van der Waals surface area contributed by atoms with Crippen molar-refractivity contribution in [2.75, 3.05) is 12.3 Å². The van der Waals surface area contributed by atoms with Gasteiger partial charge >= 0.3 is 12.1 Å². The van der Waals surface area contributed by atoms with Crippen molar-refractivity contribution in [3.63, 3.8) is 0 Å². The van der Waals surface area contributed by atoms with Gasteiger partial charge in [0.05, 0.1) is 22.0 Å². The van der Waals surface area contributed by atoms with E-state index in [2.05, 4.69) is 0 Å². The third-order valence-electron chi connectivity index (χ3n) is 7.87. The van der Waals surface area contributed by atoms with Crippen LogP contribution in [0.25, 0.3) is 0 Å². The summed E-state index contributed by atoms with van der Waals surface area (Å²) < 4.78 is 23.8. The third-order valence-corrected chi connectivity index (χ3v) is 10.7. The summed E-state index contributed by atoms with van der Waals surface area (Å²) in [6.45, 7) is 3.14. The summed E-state index contributed by atoms with van der Waals surface area (Å²) >= 11 is 12.3. The number of hydrogen-bond acceptors (Lipinski definition) is 6. The van der Waals surface area contributed by atoms with E-state index in [0.29, 0.717) is 10.6 Å². The fraction of sp³-hybridized carbons (Fsp3) is 0.714. The maximum atomic E-state index is 13.3. The molecule has 0 bridgehead atoms. The molecule has 2 aliphatic rings. The van der Waals surface area contributed by atoms with Crippen molar-refractivity contribution >= 4 is 42.6 Å². The highest BCUT2D eigenvalue weighted by molar-refractivity contribution is 7.58. The summed E-state index contributed by atoms with van der Waals surface area (Å²) in [5, 5.41) is 11.8. The first kappa shape index (κ1) is 32.2. The molecule has 2 N–H and O–H groups in total. The van der Waals surface area contributed by atoms with E-state index in [9.17, 15) is 24.2 Å². The molecule has 3 unspecified atom stereocenters. The minimum atomic E-state index is -3.51. The minimum absolute atomic E-state index is 0.114. The van der Waals surface area contributed by atoms with Crippen LogP contribution in [-0.2, 0) is 18.8 Å². The molecule has 1 aromatic rings. The Hall–Kier alpha value is -1.31. The number of carbonyl (C=O) groups is 2. The Morgan fingerprint density at radius 3 is 2.23 bits per heavy atom. The first-order valence-corrected chi connectivity index (χ1v) is 16.9. The maximum Gasteiger partial charge on any atom is 0.415 e. The largest absolute Gasteiger partial charge is 0.425 e. The second-order valence-electron chi connectivity index (χ2n) is 11.0. The van der Waals surface area contributed by atoms with E-state index < -0.39 is 38.0 Å². The standard InChI is InChI=1S/C28H42Cl2NO7P/c1-19(23-13-14-24(29)25(30)17-23)31(26(32)15-16-39(35,36)18-21-9-5-3-6-10-21)28(34)38-20(2)37-27(33)22-11-7-4-8-12-22/h13-14,17,19-22,26,32H,3-12,15-16,18H2,1-2H3,(H,35,36)/t19-,20?,26?/m0/s1. The average Bonchev–Trinajstić information content (AvgIpc) is 2.90. The van der Waals surface area contributed by atoms with Crippen LogP contribution in [0.15, 0.2) is 18.2 Å². The van der Waals surface area contributed by atoms with Crippen molar-refractivity contribution in [1.29, 1.82) is 0 Å². The number of ether oxygens (including phenoxy) is 2. The fourth-order valence-corrected chi connectivity index (χ4v) is 7.91. The summed E-state index contributed by atoms with van der Waals surface area (Å²) in [6, 6.07) is 4.14. The Morgan fingerprint density at radius 1 is 1.00 bits per heavy atom. The first-order chi connectivity index (χ1) is 18.5. The summed E-state index contributed by atoms with van der Waals surface area (Å²) in [5.74, 6) is -0.397. The van der Waals surface area contributed by atoms with Crippen molar-refractivity contribution in [1.82, 2.24) is 4.90 Å². The van der Waals surface area contributed by atoms with Gasteiger partial charge in [-0.15, -0.1) is 0 Å². The molecule has 0 heterocycles. The number of aliphatic hydroxyl groups excluding tert-OH is 1. The van der Waals surface area contributed by atoms with E-state index in [4.69, 9.17) is 32.7 Å². The highest BCUT2D eigenvalue weighted by Gasteiger charge is 2.34. The Labute approximate surface area is 241 Å². The molecule has 2 aliphatic carbocycles.